The van der Waals surface area contributed by atoms with Crippen LogP contribution >= 0.6 is 0 Å². The number of β-amino-alcohol motifs (C(OH)–C–C–N with tert-alkyl or cyclic N) is 1. The number of hydrogen-bond donors (Lipinski definition) is 3. The quantitative estimate of drug-likeness (QED) is 0.303. The van der Waals surface area contributed by atoms with E-state index in [1.807, 2.05) is 34.4 Å². The third kappa shape index (κ3) is 3.48. The van der Waals surface area contributed by atoms with E-state index in [0.717, 1.165) is 59.2 Å². The van der Waals surface area contributed by atoms with Crippen LogP contribution in [0.5, 0.6) is 0 Å². The molecule has 38 heavy (non-hydrogen) atoms. The molecule has 12 nitrogen and oxygen atoms in total. The topological polar surface area (TPSA) is 126 Å². The number of imidazole rings is 2. The van der Waals surface area contributed by atoms with Gasteiger partial charge in [0.05, 0.1) is 37.3 Å². The van der Waals surface area contributed by atoms with Gasteiger partial charge in [-0.1, -0.05) is 19.1 Å². The van der Waals surface area contributed by atoms with E-state index >= 15 is 0 Å². The highest BCUT2D eigenvalue weighted by molar-refractivity contribution is 5.86. The van der Waals surface area contributed by atoms with Crippen molar-refractivity contribution in [2.24, 2.45) is 7.05 Å². The molecule has 6 heterocycles. The standard InChI is InChI=1S/C26H34N9O3/c1-3-20-28-18-6-4-5-7-19(18)34(20)25-30-23-22(24(31-25)33-8-10-38-11-9-33)29-21(32(23)2)14-35(12-17(36)13-35)26(37)15-27-16-26/h4-7,17,27,36-37H,3,8-16H2,1-2H3/q+1. The smallest absolute Gasteiger partial charge is 0.239 e. The van der Waals surface area contributed by atoms with E-state index in [1.54, 1.807) is 0 Å². The van der Waals surface area contributed by atoms with Crippen LogP contribution in [0.3, 0.4) is 0 Å². The zero-order valence-electron chi connectivity index (χ0n) is 21.8. The molecule has 0 atom stereocenters. The maximum Gasteiger partial charge on any atom is 0.239 e. The summed E-state index contributed by atoms with van der Waals surface area (Å²) >= 11 is 0. The lowest BCUT2D eigenvalue weighted by molar-refractivity contribution is -1.05. The molecule has 3 aliphatic heterocycles. The van der Waals surface area contributed by atoms with Crippen molar-refractivity contribution in [1.29, 1.82) is 0 Å². The number of aromatic nitrogens is 6. The van der Waals surface area contributed by atoms with Crippen molar-refractivity contribution in [2.75, 3.05) is 57.4 Å². The number of likely N-dealkylation sites (tertiary alicyclic amines) is 1. The fourth-order valence-electron chi connectivity index (χ4n) is 6.18. The second kappa shape index (κ2) is 8.68. The largest absolute Gasteiger partial charge is 0.382 e. The number of aliphatic hydroxyl groups is 2. The van der Waals surface area contributed by atoms with Crippen LogP contribution < -0.4 is 10.2 Å². The van der Waals surface area contributed by atoms with Crippen LogP contribution in [-0.4, -0.2) is 108 Å². The van der Waals surface area contributed by atoms with Gasteiger partial charge < -0.3 is 29.7 Å². The molecular formula is C26H34N9O3+. The minimum absolute atomic E-state index is 0.400. The van der Waals surface area contributed by atoms with Gasteiger partial charge in [-0.15, -0.1) is 0 Å². The van der Waals surface area contributed by atoms with Crippen molar-refractivity contribution < 1.29 is 19.4 Å². The molecule has 0 radical (unpaired) electrons. The number of aryl methyl sites for hydroxylation is 2. The average molecular weight is 521 g/mol. The van der Waals surface area contributed by atoms with Gasteiger partial charge in [0.15, 0.2) is 28.9 Å². The van der Waals surface area contributed by atoms with Crippen LogP contribution in [0.15, 0.2) is 24.3 Å². The highest BCUT2D eigenvalue weighted by Crippen LogP contribution is 2.37. The van der Waals surface area contributed by atoms with E-state index in [4.69, 9.17) is 24.7 Å². The molecule has 0 bridgehead atoms. The van der Waals surface area contributed by atoms with Gasteiger partial charge in [0.25, 0.3) is 0 Å². The molecule has 3 aliphatic rings. The Morgan fingerprint density at radius 2 is 1.84 bits per heavy atom. The fourth-order valence-corrected chi connectivity index (χ4v) is 6.18. The summed E-state index contributed by atoms with van der Waals surface area (Å²) in [4.78, 5) is 22.3. The molecule has 3 aromatic heterocycles. The Bertz CT molecular complexity index is 1510. The molecule has 1 aromatic carbocycles. The van der Waals surface area contributed by atoms with Crippen molar-refractivity contribution in [1.82, 2.24) is 34.4 Å². The zero-order chi connectivity index (χ0) is 26.1. The number of ether oxygens (including phenoxy) is 1. The minimum atomic E-state index is -0.896. The monoisotopic (exact) mass is 520 g/mol. The average Bonchev–Trinajstić information content (AvgIpc) is 3.43. The molecule has 3 saturated heterocycles. The summed E-state index contributed by atoms with van der Waals surface area (Å²) < 4.78 is 10.1. The van der Waals surface area contributed by atoms with Crippen LogP contribution in [0.25, 0.3) is 28.1 Å². The summed E-state index contributed by atoms with van der Waals surface area (Å²) in [7, 11) is 1.98. The number of quaternary nitrogens is 1. The van der Waals surface area contributed by atoms with Gasteiger partial charge in [-0.2, -0.15) is 9.97 Å². The normalized spacial score (nSPS) is 25.1. The predicted molar refractivity (Wildman–Crippen MR) is 141 cm³/mol. The summed E-state index contributed by atoms with van der Waals surface area (Å²) in [6.07, 6.45) is 0.334. The number of para-hydroxylation sites is 2. The summed E-state index contributed by atoms with van der Waals surface area (Å²) in [6.45, 7) is 7.35. The highest BCUT2D eigenvalue weighted by Gasteiger charge is 2.61. The first-order valence-electron chi connectivity index (χ1n) is 13.4. The van der Waals surface area contributed by atoms with Crippen molar-refractivity contribution in [3.8, 4) is 5.95 Å². The lowest BCUT2D eigenvalue weighted by Gasteiger charge is -2.60. The van der Waals surface area contributed by atoms with Crippen molar-refractivity contribution in [3.05, 3.63) is 35.9 Å². The molecule has 0 spiro atoms. The Labute approximate surface area is 220 Å². The van der Waals surface area contributed by atoms with Crippen LogP contribution in [0, 0.1) is 0 Å². The Morgan fingerprint density at radius 3 is 2.53 bits per heavy atom. The number of fused-ring (bicyclic) bond motifs is 2. The molecule has 0 unspecified atom stereocenters. The number of anilines is 1. The second-order valence-corrected chi connectivity index (χ2v) is 10.8. The Balaban J connectivity index is 1.40. The summed E-state index contributed by atoms with van der Waals surface area (Å²) in [6, 6.07) is 8.06. The molecule has 200 valence electrons. The van der Waals surface area contributed by atoms with Crippen LogP contribution in [0.2, 0.25) is 0 Å². The van der Waals surface area contributed by atoms with Gasteiger partial charge in [-0.3, -0.25) is 9.05 Å². The summed E-state index contributed by atoms with van der Waals surface area (Å²) in [5.41, 5.74) is 2.47. The van der Waals surface area contributed by atoms with E-state index in [2.05, 4.69) is 23.2 Å². The number of nitrogens with one attached hydrogen (secondary N) is 1. The zero-order valence-corrected chi connectivity index (χ0v) is 21.8. The maximum atomic E-state index is 11.3. The molecule has 0 amide bonds. The third-order valence-corrected chi connectivity index (χ3v) is 8.50. The number of benzene rings is 1. The summed E-state index contributed by atoms with van der Waals surface area (Å²) in [5, 5.41) is 24.7. The number of hydrogen-bond acceptors (Lipinski definition) is 9. The van der Waals surface area contributed by atoms with E-state index in [0.29, 0.717) is 56.4 Å². The van der Waals surface area contributed by atoms with Crippen LogP contribution in [0.4, 0.5) is 5.82 Å². The minimum Gasteiger partial charge on any atom is -0.382 e. The number of aliphatic hydroxyl groups excluding tert-OH is 1. The van der Waals surface area contributed by atoms with E-state index in [9.17, 15) is 10.2 Å². The van der Waals surface area contributed by atoms with Gasteiger partial charge in [-0.05, 0) is 12.1 Å². The second-order valence-electron chi connectivity index (χ2n) is 10.8. The lowest BCUT2D eigenvalue weighted by Crippen LogP contribution is -2.84. The number of nitrogens with zero attached hydrogens (tertiary/aromatic N) is 8. The molecule has 0 aliphatic carbocycles. The predicted octanol–water partition coefficient (Wildman–Crippen LogP) is 0.0843. The van der Waals surface area contributed by atoms with E-state index in [-0.39, 0.29) is 0 Å². The van der Waals surface area contributed by atoms with E-state index < -0.39 is 11.8 Å². The molecule has 12 heteroatoms. The molecule has 4 aromatic rings. The molecule has 0 saturated carbocycles. The first-order chi connectivity index (χ1) is 18.4. The van der Waals surface area contributed by atoms with Gasteiger partial charge in [0, 0.05) is 26.6 Å². The Morgan fingerprint density at radius 1 is 1.08 bits per heavy atom. The molecule has 7 rings (SSSR count). The highest BCUT2D eigenvalue weighted by atomic mass is 16.5. The summed E-state index contributed by atoms with van der Waals surface area (Å²) in [5.74, 6) is 3.08. The molecule has 3 N–H and O–H groups in total. The molecule has 3 fully saturated rings. The van der Waals surface area contributed by atoms with Gasteiger partial charge in [0.2, 0.25) is 11.7 Å². The van der Waals surface area contributed by atoms with Crippen molar-refractivity contribution in [3.63, 3.8) is 0 Å². The maximum absolute atomic E-state index is 11.3. The van der Waals surface area contributed by atoms with Crippen molar-refractivity contribution in [2.45, 2.75) is 31.7 Å². The Hall–Kier alpha value is -3.16. The van der Waals surface area contributed by atoms with Gasteiger partial charge in [-0.25, -0.2) is 9.97 Å². The van der Waals surface area contributed by atoms with Crippen LogP contribution in [0.1, 0.15) is 18.6 Å². The SMILES string of the molecule is CCc1nc2ccccc2n1-c1nc(N2CCOCC2)c2nc(C[N+]3(C4(O)CNC4)CC(O)C3)n(C)c2n1. The third-order valence-electron chi connectivity index (χ3n) is 8.50. The lowest BCUT2D eigenvalue weighted by atomic mass is 9.93. The first-order valence-corrected chi connectivity index (χ1v) is 13.4. The fraction of sp³-hybridized carbons (Fsp3) is 0.538. The Kier molecular flexibility index (Phi) is 5.46. The van der Waals surface area contributed by atoms with Crippen molar-refractivity contribution >= 4 is 28.0 Å². The van der Waals surface area contributed by atoms with Gasteiger partial charge >= 0.3 is 0 Å². The van der Waals surface area contributed by atoms with E-state index in [1.165, 1.54) is 0 Å². The van der Waals surface area contributed by atoms with Crippen LogP contribution in [-0.2, 0) is 24.8 Å². The van der Waals surface area contributed by atoms with Gasteiger partial charge in [0.1, 0.15) is 25.5 Å². The number of rotatable bonds is 6. The first kappa shape index (κ1) is 23.9. The molecular weight excluding hydrogens is 486 g/mol. The number of morpholine rings is 1.